The predicted octanol–water partition coefficient (Wildman–Crippen LogP) is 0.0599. The van der Waals surface area contributed by atoms with Crippen LogP contribution in [0.1, 0.15) is 30.5 Å². The van der Waals surface area contributed by atoms with Gasteiger partial charge in [-0.3, -0.25) is 14.4 Å². The number of likely N-dealkylation sites (tertiary alicyclic amines) is 1. The first-order valence-electron chi connectivity index (χ1n) is 10.6. The van der Waals surface area contributed by atoms with Crippen molar-refractivity contribution in [2.75, 3.05) is 6.54 Å². The number of β-lactam (4-membered cyclic amide) rings is 1. The van der Waals surface area contributed by atoms with Crippen molar-refractivity contribution < 1.29 is 23.9 Å². The van der Waals surface area contributed by atoms with Crippen molar-refractivity contribution in [1.29, 1.82) is 0 Å². The molecule has 2 fully saturated rings. The molecule has 3 N–H and O–H groups in total. The van der Waals surface area contributed by atoms with E-state index in [0.717, 1.165) is 5.56 Å². The summed E-state index contributed by atoms with van der Waals surface area (Å²) < 4.78 is 5.45. The van der Waals surface area contributed by atoms with E-state index >= 15 is 0 Å². The number of nitrogens with one attached hydrogen (secondary N) is 3. The Morgan fingerprint density at radius 3 is 2.72 bits per heavy atom. The molecule has 1 aromatic carbocycles. The minimum absolute atomic E-state index is 0.0922. The van der Waals surface area contributed by atoms with E-state index in [9.17, 15) is 19.2 Å². The molecule has 2 aromatic rings. The molecule has 0 radical (unpaired) electrons. The van der Waals surface area contributed by atoms with Crippen molar-refractivity contribution in [3.8, 4) is 0 Å². The van der Waals surface area contributed by atoms with Crippen molar-refractivity contribution >= 4 is 23.7 Å². The zero-order chi connectivity index (χ0) is 22.5. The van der Waals surface area contributed by atoms with Crippen molar-refractivity contribution in [3.05, 3.63) is 54.1 Å². The third kappa shape index (κ3) is 4.96. The quantitative estimate of drug-likeness (QED) is 0.393. The highest BCUT2D eigenvalue weighted by molar-refractivity contribution is 5.99. The van der Waals surface area contributed by atoms with Crippen LogP contribution in [0, 0.1) is 0 Å². The molecule has 2 aliphatic rings. The summed E-state index contributed by atoms with van der Waals surface area (Å²) in [5.41, 5.74) is 1.53. The van der Waals surface area contributed by atoms with Gasteiger partial charge in [0.1, 0.15) is 24.7 Å². The van der Waals surface area contributed by atoms with Gasteiger partial charge in [-0.1, -0.05) is 30.3 Å². The van der Waals surface area contributed by atoms with E-state index < -0.39 is 30.0 Å². The fourth-order valence-corrected chi connectivity index (χ4v) is 3.91. The van der Waals surface area contributed by atoms with Crippen molar-refractivity contribution in [1.82, 2.24) is 25.5 Å². The molecule has 0 aliphatic carbocycles. The van der Waals surface area contributed by atoms with Crippen LogP contribution in [-0.4, -0.2) is 63.2 Å². The highest BCUT2D eigenvalue weighted by Gasteiger charge is 2.40. The molecule has 0 bridgehead atoms. The molecule has 3 atom stereocenters. The normalized spacial score (nSPS) is 20.8. The van der Waals surface area contributed by atoms with Crippen LogP contribution in [0.5, 0.6) is 0 Å². The maximum absolute atomic E-state index is 13.4. The van der Waals surface area contributed by atoms with Gasteiger partial charge in [-0.15, -0.1) is 0 Å². The number of H-pyrrole nitrogens is 1. The number of carbonyl (C=O) groups is 4. The maximum atomic E-state index is 13.4. The van der Waals surface area contributed by atoms with Gasteiger partial charge >= 0.3 is 5.97 Å². The average Bonchev–Trinajstić information content (AvgIpc) is 3.47. The van der Waals surface area contributed by atoms with E-state index in [1.54, 1.807) is 6.20 Å². The van der Waals surface area contributed by atoms with Crippen molar-refractivity contribution in [2.24, 2.45) is 0 Å². The standard InChI is InChI=1S/C22H25N5O5/c28-19-10-16(25-19)20(29)26-17(9-15-11-23-13-24-15)21(30)27-8-4-7-18(27)22(31)32-12-14-5-2-1-3-6-14/h1-3,5-6,11,13,16-18H,4,7-10,12H2,(H,23,24)(H,25,28)(H,26,29)/t16-,17-,18-/m0/s1. The topological polar surface area (TPSA) is 133 Å². The fraction of sp³-hybridized carbons (Fsp3) is 0.409. The van der Waals surface area contributed by atoms with E-state index in [2.05, 4.69) is 20.6 Å². The number of esters is 1. The number of imidazole rings is 1. The van der Waals surface area contributed by atoms with Crippen LogP contribution in [0.4, 0.5) is 0 Å². The lowest BCUT2D eigenvalue weighted by Gasteiger charge is -2.31. The van der Waals surface area contributed by atoms with Gasteiger partial charge in [-0.25, -0.2) is 9.78 Å². The lowest BCUT2D eigenvalue weighted by atomic mass is 10.0. The van der Waals surface area contributed by atoms with Gasteiger partial charge in [0.25, 0.3) is 0 Å². The van der Waals surface area contributed by atoms with Crippen molar-refractivity contribution in [2.45, 2.75) is 50.4 Å². The van der Waals surface area contributed by atoms with Gasteiger partial charge in [-0.05, 0) is 18.4 Å². The van der Waals surface area contributed by atoms with E-state index in [-0.39, 0.29) is 31.3 Å². The number of aromatic amines is 1. The summed E-state index contributed by atoms with van der Waals surface area (Å²) in [6.07, 6.45) is 4.52. The molecular weight excluding hydrogens is 414 g/mol. The van der Waals surface area contributed by atoms with E-state index in [1.807, 2.05) is 30.3 Å². The highest BCUT2D eigenvalue weighted by atomic mass is 16.5. The molecule has 168 valence electrons. The Kier molecular flexibility index (Phi) is 6.48. The lowest BCUT2D eigenvalue weighted by Crippen LogP contribution is -2.61. The molecule has 0 unspecified atom stereocenters. The van der Waals surface area contributed by atoms with Crippen LogP contribution in [0.15, 0.2) is 42.9 Å². The summed E-state index contributed by atoms with van der Waals surface area (Å²) >= 11 is 0. The van der Waals surface area contributed by atoms with Crippen LogP contribution < -0.4 is 10.6 Å². The highest BCUT2D eigenvalue weighted by Crippen LogP contribution is 2.21. The van der Waals surface area contributed by atoms with Crippen LogP contribution in [-0.2, 0) is 36.9 Å². The third-order valence-electron chi connectivity index (χ3n) is 5.67. The van der Waals surface area contributed by atoms with Crippen LogP contribution in [0.2, 0.25) is 0 Å². The molecule has 32 heavy (non-hydrogen) atoms. The Morgan fingerprint density at radius 1 is 1.25 bits per heavy atom. The van der Waals surface area contributed by atoms with E-state index in [1.165, 1.54) is 11.2 Å². The van der Waals surface area contributed by atoms with E-state index in [4.69, 9.17) is 4.74 Å². The third-order valence-corrected chi connectivity index (χ3v) is 5.67. The van der Waals surface area contributed by atoms with Gasteiger partial charge < -0.3 is 25.3 Å². The number of hydrogen-bond donors (Lipinski definition) is 3. The molecule has 4 rings (SSSR count). The Labute approximate surface area is 184 Å². The Balaban J connectivity index is 1.42. The van der Waals surface area contributed by atoms with Gasteiger partial charge in [0.2, 0.25) is 17.7 Å². The molecule has 2 aliphatic heterocycles. The van der Waals surface area contributed by atoms with Gasteiger partial charge in [0.15, 0.2) is 0 Å². The number of carbonyl (C=O) groups excluding carboxylic acids is 4. The minimum Gasteiger partial charge on any atom is -0.459 e. The molecule has 2 saturated heterocycles. The Bertz CT molecular complexity index is 970. The van der Waals surface area contributed by atoms with Crippen LogP contribution in [0.3, 0.4) is 0 Å². The number of rotatable bonds is 8. The van der Waals surface area contributed by atoms with Crippen LogP contribution in [0.25, 0.3) is 0 Å². The monoisotopic (exact) mass is 439 g/mol. The number of amides is 3. The number of ether oxygens (including phenoxy) is 1. The molecule has 3 heterocycles. The number of hydrogen-bond acceptors (Lipinski definition) is 6. The zero-order valence-electron chi connectivity index (χ0n) is 17.5. The molecule has 10 heteroatoms. The largest absolute Gasteiger partial charge is 0.459 e. The maximum Gasteiger partial charge on any atom is 0.329 e. The molecule has 3 amide bonds. The summed E-state index contributed by atoms with van der Waals surface area (Å²) in [4.78, 5) is 58.1. The lowest BCUT2D eigenvalue weighted by molar-refractivity contribution is -0.155. The Morgan fingerprint density at radius 2 is 2.03 bits per heavy atom. The number of aromatic nitrogens is 2. The van der Waals surface area contributed by atoms with Gasteiger partial charge in [0.05, 0.1) is 12.7 Å². The average molecular weight is 439 g/mol. The summed E-state index contributed by atoms with van der Waals surface area (Å²) in [6, 6.07) is 7.08. The fourth-order valence-electron chi connectivity index (χ4n) is 3.91. The van der Waals surface area contributed by atoms with Gasteiger partial charge in [0, 0.05) is 24.9 Å². The number of nitrogens with zero attached hydrogens (tertiary/aromatic N) is 2. The molecule has 10 nitrogen and oxygen atoms in total. The second-order valence-electron chi connectivity index (χ2n) is 7.95. The summed E-state index contributed by atoms with van der Waals surface area (Å²) in [5, 5.41) is 5.23. The minimum atomic E-state index is -0.900. The SMILES string of the molecule is O=C1C[C@@H](C(=O)N[C@@H](Cc2cnc[nH]2)C(=O)N2CCC[C@H]2C(=O)OCc2ccccc2)N1. The number of benzene rings is 1. The van der Waals surface area contributed by atoms with Crippen LogP contribution >= 0.6 is 0 Å². The first-order chi connectivity index (χ1) is 15.5. The van der Waals surface area contributed by atoms with E-state index in [0.29, 0.717) is 25.1 Å². The summed E-state index contributed by atoms with van der Waals surface area (Å²) in [7, 11) is 0. The molecule has 1 aromatic heterocycles. The molecular formula is C22H25N5O5. The first kappa shape index (κ1) is 21.5. The zero-order valence-corrected chi connectivity index (χ0v) is 17.5. The van der Waals surface area contributed by atoms with Gasteiger partial charge in [-0.2, -0.15) is 0 Å². The molecule has 0 spiro atoms. The van der Waals surface area contributed by atoms with Crippen molar-refractivity contribution in [3.63, 3.8) is 0 Å². The predicted molar refractivity (Wildman–Crippen MR) is 112 cm³/mol. The smallest absolute Gasteiger partial charge is 0.329 e. The first-order valence-corrected chi connectivity index (χ1v) is 10.6. The summed E-state index contributed by atoms with van der Waals surface area (Å²) in [5.74, 6) is -1.46. The molecule has 0 saturated carbocycles. The second kappa shape index (κ2) is 9.63. The Hall–Kier alpha value is -3.69. The second-order valence-corrected chi connectivity index (χ2v) is 7.95. The summed E-state index contributed by atoms with van der Waals surface area (Å²) in [6.45, 7) is 0.535.